The van der Waals surface area contributed by atoms with Crippen molar-refractivity contribution in [2.24, 2.45) is 0 Å². The monoisotopic (exact) mass is 497 g/mol. The lowest BCUT2D eigenvalue weighted by atomic mass is 9.96. The van der Waals surface area contributed by atoms with Gasteiger partial charge in [-0.05, 0) is 36.2 Å². The minimum Gasteiger partial charge on any atom is -0.345 e. The highest BCUT2D eigenvalue weighted by atomic mass is 32.2. The Bertz CT molecular complexity index is 1500. The van der Waals surface area contributed by atoms with Crippen molar-refractivity contribution in [3.05, 3.63) is 120 Å². The summed E-state index contributed by atoms with van der Waals surface area (Å²) in [5, 5.41) is 0. The molecule has 0 aliphatic carbocycles. The van der Waals surface area contributed by atoms with Crippen molar-refractivity contribution >= 4 is 33.4 Å². The van der Waals surface area contributed by atoms with Crippen LogP contribution in [-0.2, 0) is 14.8 Å². The molecule has 0 spiro atoms. The summed E-state index contributed by atoms with van der Waals surface area (Å²) >= 11 is 0. The van der Waals surface area contributed by atoms with Crippen LogP contribution in [0.3, 0.4) is 0 Å². The van der Waals surface area contributed by atoms with Crippen molar-refractivity contribution in [2.75, 3.05) is 19.0 Å². The van der Waals surface area contributed by atoms with Gasteiger partial charge in [0, 0.05) is 32.1 Å². The largest absolute Gasteiger partial charge is 0.345 e. The number of benzene rings is 3. The van der Waals surface area contributed by atoms with Crippen LogP contribution in [0.25, 0.3) is 11.8 Å². The summed E-state index contributed by atoms with van der Waals surface area (Å²) < 4.78 is 29.3. The van der Waals surface area contributed by atoms with E-state index in [4.69, 9.17) is 0 Å². The van der Waals surface area contributed by atoms with Crippen LogP contribution >= 0.6 is 0 Å². The Morgan fingerprint density at radius 3 is 2.28 bits per heavy atom. The molecule has 0 saturated carbocycles. The summed E-state index contributed by atoms with van der Waals surface area (Å²) in [6.07, 6.45) is 6.98. The van der Waals surface area contributed by atoms with Gasteiger partial charge in [-0.3, -0.25) is 4.79 Å². The highest BCUT2D eigenvalue weighted by Crippen LogP contribution is 2.43. The van der Waals surface area contributed by atoms with E-state index in [1.165, 1.54) is 15.3 Å². The minimum atomic E-state index is -4.01. The number of para-hydroxylation sites is 1. The number of amides is 1. The van der Waals surface area contributed by atoms with Crippen LogP contribution < -0.4 is 4.90 Å². The molecule has 3 aromatic rings. The first-order valence-electron chi connectivity index (χ1n) is 11.6. The van der Waals surface area contributed by atoms with E-state index < -0.39 is 16.1 Å². The third-order valence-electron chi connectivity index (χ3n) is 6.35. The molecule has 0 N–H and O–H groups in total. The molecule has 1 atom stereocenters. The van der Waals surface area contributed by atoms with E-state index in [0.717, 1.165) is 28.1 Å². The van der Waals surface area contributed by atoms with E-state index in [1.54, 1.807) is 44.6 Å². The predicted octanol–water partition coefficient (Wildman–Crippen LogP) is 4.87. The zero-order valence-electron chi connectivity index (χ0n) is 20.4. The maximum Gasteiger partial charge on any atom is 0.267 e. The lowest BCUT2D eigenvalue weighted by Crippen LogP contribution is -2.47. The zero-order valence-corrected chi connectivity index (χ0v) is 21.2. The number of hydrogen-bond acceptors (Lipinski definition) is 4. The smallest absolute Gasteiger partial charge is 0.267 e. The molecule has 0 aromatic heterocycles. The summed E-state index contributed by atoms with van der Waals surface area (Å²) in [4.78, 5) is 16.6. The molecular formula is C29H27N3O3S. The molecule has 0 fully saturated rings. The van der Waals surface area contributed by atoms with Gasteiger partial charge >= 0.3 is 0 Å². The molecule has 2 heterocycles. The van der Waals surface area contributed by atoms with Crippen LogP contribution in [0.4, 0.5) is 5.69 Å². The van der Waals surface area contributed by atoms with Crippen molar-refractivity contribution in [2.45, 2.75) is 17.9 Å². The van der Waals surface area contributed by atoms with Gasteiger partial charge in [0.25, 0.3) is 10.0 Å². The molecule has 182 valence electrons. The maximum atomic E-state index is 14.0. The number of carbonyl (C=O) groups excluding carboxylic acids is 1. The Morgan fingerprint density at radius 2 is 1.58 bits per heavy atom. The van der Waals surface area contributed by atoms with Crippen LogP contribution in [0, 0.1) is 6.92 Å². The summed E-state index contributed by atoms with van der Waals surface area (Å²) in [5.41, 5.74) is 4.88. The normalized spacial score (nSPS) is 17.9. The van der Waals surface area contributed by atoms with Crippen LogP contribution in [0.5, 0.6) is 0 Å². The van der Waals surface area contributed by atoms with Crippen LogP contribution in [0.2, 0.25) is 0 Å². The SMILES string of the molecule is Cc1ccc(S(=O)(=O)N2C=C(c3ccccc3)N3c4ccccc4C=CC3/C2=C\C(=O)N(C)C)cc1. The highest BCUT2D eigenvalue weighted by molar-refractivity contribution is 7.89. The van der Waals surface area contributed by atoms with E-state index in [1.807, 2.05) is 73.7 Å². The van der Waals surface area contributed by atoms with Crippen molar-refractivity contribution in [3.8, 4) is 0 Å². The van der Waals surface area contributed by atoms with Gasteiger partial charge in [0.1, 0.15) is 0 Å². The average Bonchev–Trinajstić information content (AvgIpc) is 2.89. The van der Waals surface area contributed by atoms with Crippen molar-refractivity contribution in [3.63, 3.8) is 0 Å². The predicted molar refractivity (Wildman–Crippen MR) is 143 cm³/mol. The van der Waals surface area contributed by atoms with E-state index >= 15 is 0 Å². The first-order valence-corrected chi connectivity index (χ1v) is 13.1. The average molecular weight is 498 g/mol. The first-order chi connectivity index (χ1) is 17.3. The van der Waals surface area contributed by atoms with Gasteiger partial charge in [-0.25, -0.2) is 12.7 Å². The second-order valence-electron chi connectivity index (χ2n) is 9.03. The maximum absolute atomic E-state index is 14.0. The zero-order chi connectivity index (χ0) is 25.4. The van der Waals surface area contributed by atoms with E-state index in [9.17, 15) is 13.2 Å². The van der Waals surface area contributed by atoms with Crippen molar-refractivity contribution < 1.29 is 13.2 Å². The molecule has 0 saturated heterocycles. The number of anilines is 1. The second-order valence-corrected chi connectivity index (χ2v) is 10.8. The molecule has 1 unspecified atom stereocenters. The summed E-state index contributed by atoms with van der Waals surface area (Å²) in [7, 11) is -0.713. The Kier molecular flexibility index (Phi) is 6.02. The molecule has 2 aliphatic heterocycles. The van der Waals surface area contributed by atoms with Gasteiger partial charge < -0.3 is 9.80 Å². The van der Waals surface area contributed by atoms with Crippen LogP contribution in [0.1, 0.15) is 16.7 Å². The Morgan fingerprint density at radius 1 is 0.917 bits per heavy atom. The number of likely N-dealkylation sites (N-methyl/N-ethyl adjacent to an activating group) is 1. The standard InChI is InChI=1S/C29H27N3O3S/c1-21-13-16-24(17-14-21)36(34,35)31-20-28(22-9-5-4-6-10-22)32-25-12-8-7-11-23(25)15-18-26(32)27(31)19-29(33)30(2)3/h4-20,26H,1-3H3/b27-19+. The minimum absolute atomic E-state index is 0.161. The molecule has 3 aromatic carbocycles. The lowest BCUT2D eigenvalue weighted by molar-refractivity contribution is -0.123. The Balaban J connectivity index is 1.79. The molecule has 0 bridgehead atoms. The molecule has 1 amide bonds. The first kappa shape index (κ1) is 23.6. The number of fused-ring (bicyclic) bond motifs is 3. The molecule has 0 radical (unpaired) electrons. The highest BCUT2D eigenvalue weighted by Gasteiger charge is 2.40. The number of rotatable bonds is 4. The van der Waals surface area contributed by atoms with Gasteiger partial charge in [-0.2, -0.15) is 0 Å². The fourth-order valence-electron chi connectivity index (χ4n) is 4.43. The van der Waals surface area contributed by atoms with Gasteiger partial charge in [0.15, 0.2) is 0 Å². The summed E-state index contributed by atoms with van der Waals surface area (Å²) in [6, 6.07) is 23.9. The van der Waals surface area contributed by atoms with Gasteiger partial charge in [0.05, 0.1) is 22.3 Å². The van der Waals surface area contributed by atoms with Gasteiger partial charge in [-0.1, -0.05) is 78.4 Å². The van der Waals surface area contributed by atoms with E-state index in [0.29, 0.717) is 5.70 Å². The number of hydrogen-bond donors (Lipinski definition) is 0. The number of carbonyl (C=O) groups is 1. The molecule has 36 heavy (non-hydrogen) atoms. The Hall–Kier alpha value is -4.10. The number of aryl methyl sites for hydroxylation is 1. The van der Waals surface area contributed by atoms with Gasteiger partial charge in [-0.15, -0.1) is 0 Å². The van der Waals surface area contributed by atoms with Crippen LogP contribution in [-0.4, -0.2) is 43.7 Å². The molecule has 7 heteroatoms. The number of nitrogens with zero attached hydrogens (tertiary/aromatic N) is 3. The third-order valence-corrected chi connectivity index (χ3v) is 8.05. The lowest BCUT2D eigenvalue weighted by Gasteiger charge is -2.45. The second kappa shape index (κ2) is 9.17. The quantitative estimate of drug-likeness (QED) is 0.483. The third kappa shape index (κ3) is 4.12. The van der Waals surface area contributed by atoms with Crippen molar-refractivity contribution in [1.29, 1.82) is 0 Å². The fraction of sp³-hybridized carbons (Fsp3) is 0.138. The molecule has 5 rings (SSSR count). The molecular weight excluding hydrogens is 470 g/mol. The van der Waals surface area contributed by atoms with Gasteiger partial charge in [0.2, 0.25) is 5.91 Å². The van der Waals surface area contributed by atoms with E-state index in [-0.39, 0.29) is 10.8 Å². The number of sulfonamides is 1. The van der Waals surface area contributed by atoms with Crippen molar-refractivity contribution in [1.82, 2.24) is 9.21 Å². The van der Waals surface area contributed by atoms with E-state index in [2.05, 4.69) is 4.90 Å². The Labute approximate surface area is 212 Å². The molecule has 2 aliphatic rings. The van der Waals surface area contributed by atoms with Crippen LogP contribution in [0.15, 0.2) is 108 Å². The molecule has 6 nitrogen and oxygen atoms in total. The topological polar surface area (TPSA) is 60.9 Å². The summed E-state index contributed by atoms with van der Waals surface area (Å²) in [5.74, 6) is -0.294. The summed E-state index contributed by atoms with van der Waals surface area (Å²) in [6.45, 7) is 1.91. The fourth-order valence-corrected chi connectivity index (χ4v) is 5.81.